The second-order valence-electron chi connectivity index (χ2n) is 5.57. The highest BCUT2D eigenvalue weighted by Gasteiger charge is 2.12. The van der Waals surface area contributed by atoms with Crippen molar-refractivity contribution in [1.82, 2.24) is 15.0 Å². The van der Waals surface area contributed by atoms with Crippen LogP contribution in [0.15, 0.2) is 36.7 Å². The molecule has 2 aromatic rings. The summed E-state index contributed by atoms with van der Waals surface area (Å²) in [4.78, 5) is 4.46. The van der Waals surface area contributed by atoms with Gasteiger partial charge in [0.05, 0.1) is 0 Å². The summed E-state index contributed by atoms with van der Waals surface area (Å²) in [7, 11) is 0. The minimum Gasteiger partial charge on any atom is -0.335 e. The topological polar surface area (TPSA) is 55.9 Å². The third kappa shape index (κ3) is 4.41. The summed E-state index contributed by atoms with van der Waals surface area (Å²) in [5.74, 6) is 6.84. The maximum Gasteiger partial charge on any atom is 0.110 e. The molecule has 4 heteroatoms. The lowest BCUT2D eigenvalue weighted by Gasteiger charge is -2.17. The lowest BCUT2D eigenvalue weighted by molar-refractivity contribution is 0.469. The summed E-state index contributed by atoms with van der Waals surface area (Å²) in [6, 6.07) is 8.79. The molecule has 0 radical (unpaired) electrons. The first kappa shape index (κ1) is 15.7. The van der Waals surface area contributed by atoms with E-state index in [4.69, 9.17) is 5.84 Å². The van der Waals surface area contributed by atoms with E-state index >= 15 is 0 Å². The second-order valence-corrected chi connectivity index (χ2v) is 5.57. The molecule has 1 unspecified atom stereocenters. The van der Waals surface area contributed by atoms with Gasteiger partial charge < -0.3 is 4.57 Å². The molecule has 0 bridgehead atoms. The molecule has 1 atom stereocenters. The van der Waals surface area contributed by atoms with Crippen molar-refractivity contribution in [2.75, 3.05) is 0 Å². The lowest BCUT2D eigenvalue weighted by Crippen LogP contribution is -2.37. The molecule has 0 fully saturated rings. The van der Waals surface area contributed by atoms with Crippen molar-refractivity contribution in [2.45, 2.75) is 52.1 Å². The van der Waals surface area contributed by atoms with Crippen molar-refractivity contribution >= 4 is 0 Å². The number of nitrogens with zero attached hydrogens (tertiary/aromatic N) is 2. The lowest BCUT2D eigenvalue weighted by atomic mass is 10.00. The van der Waals surface area contributed by atoms with Crippen molar-refractivity contribution in [2.24, 2.45) is 5.84 Å². The van der Waals surface area contributed by atoms with Gasteiger partial charge >= 0.3 is 0 Å². The molecule has 0 amide bonds. The van der Waals surface area contributed by atoms with E-state index in [1.54, 1.807) is 0 Å². The Hall–Kier alpha value is -1.65. The number of hydrogen-bond acceptors (Lipinski definition) is 3. The van der Waals surface area contributed by atoms with Crippen LogP contribution in [0.4, 0.5) is 0 Å². The van der Waals surface area contributed by atoms with Crippen molar-refractivity contribution < 1.29 is 0 Å². The molecule has 0 aliphatic carbocycles. The number of rotatable bonds is 8. The fourth-order valence-corrected chi connectivity index (χ4v) is 2.66. The fourth-order valence-electron chi connectivity index (χ4n) is 2.66. The first-order valence-electron chi connectivity index (χ1n) is 7.75. The minimum absolute atomic E-state index is 0.252. The summed E-state index contributed by atoms with van der Waals surface area (Å²) in [5.41, 5.74) is 5.69. The summed E-state index contributed by atoms with van der Waals surface area (Å²) in [6.07, 6.45) is 7.96. The maximum absolute atomic E-state index is 5.73. The van der Waals surface area contributed by atoms with E-state index in [1.165, 1.54) is 11.1 Å². The molecule has 1 heterocycles. The van der Waals surface area contributed by atoms with Crippen molar-refractivity contribution in [3.8, 4) is 0 Å². The first-order valence-corrected chi connectivity index (χ1v) is 7.75. The summed E-state index contributed by atoms with van der Waals surface area (Å²) in [6.45, 7) is 5.36. The highest BCUT2D eigenvalue weighted by Crippen LogP contribution is 2.13. The summed E-state index contributed by atoms with van der Waals surface area (Å²) in [5, 5.41) is 0. The number of benzene rings is 1. The number of nitrogens with one attached hydrogen (secondary N) is 1. The monoisotopic (exact) mass is 286 g/mol. The largest absolute Gasteiger partial charge is 0.335 e. The van der Waals surface area contributed by atoms with Gasteiger partial charge in [-0.2, -0.15) is 0 Å². The van der Waals surface area contributed by atoms with Crippen LogP contribution in [0, 0.1) is 6.92 Å². The van der Waals surface area contributed by atoms with Gasteiger partial charge in [0, 0.05) is 31.4 Å². The SMILES string of the molecule is CCCn1ccnc1CC(CCc1ccccc1C)NN. The van der Waals surface area contributed by atoms with E-state index in [-0.39, 0.29) is 6.04 Å². The van der Waals surface area contributed by atoms with E-state index in [0.29, 0.717) is 0 Å². The number of imidazole rings is 1. The first-order chi connectivity index (χ1) is 10.2. The Morgan fingerprint density at radius 2 is 2.14 bits per heavy atom. The average molecular weight is 286 g/mol. The quantitative estimate of drug-likeness (QED) is 0.579. The van der Waals surface area contributed by atoms with Crippen LogP contribution in [0.2, 0.25) is 0 Å². The maximum atomic E-state index is 5.73. The highest BCUT2D eigenvalue weighted by molar-refractivity contribution is 5.25. The average Bonchev–Trinajstić information content (AvgIpc) is 2.92. The molecule has 0 spiro atoms. The Kier molecular flexibility index (Phi) is 5.96. The zero-order valence-corrected chi connectivity index (χ0v) is 13.0. The Morgan fingerprint density at radius 1 is 1.33 bits per heavy atom. The predicted octanol–water partition coefficient (Wildman–Crippen LogP) is 2.61. The van der Waals surface area contributed by atoms with Crippen LogP contribution >= 0.6 is 0 Å². The van der Waals surface area contributed by atoms with Gasteiger partial charge in [-0.15, -0.1) is 0 Å². The molecular formula is C17H26N4. The van der Waals surface area contributed by atoms with Gasteiger partial charge in [0.25, 0.3) is 0 Å². The normalized spacial score (nSPS) is 12.5. The number of aromatic nitrogens is 2. The fraction of sp³-hybridized carbons (Fsp3) is 0.471. The Bertz CT molecular complexity index is 547. The zero-order valence-electron chi connectivity index (χ0n) is 13.0. The molecule has 3 N–H and O–H groups in total. The molecule has 0 aliphatic rings. The van der Waals surface area contributed by atoms with Crippen molar-refractivity contribution in [3.63, 3.8) is 0 Å². The molecule has 1 aromatic heterocycles. The molecule has 21 heavy (non-hydrogen) atoms. The van der Waals surface area contributed by atoms with Crippen molar-refractivity contribution in [3.05, 3.63) is 53.6 Å². The minimum atomic E-state index is 0.252. The molecular weight excluding hydrogens is 260 g/mol. The van der Waals surface area contributed by atoms with Crippen LogP contribution in [0.25, 0.3) is 0 Å². The standard InChI is InChI=1S/C17H26N4/c1-3-11-21-12-10-19-17(21)13-16(20-18)9-8-15-7-5-4-6-14(15)2/h4-7,10,12,16,20H,3,8-9,11,13,18H2,1-2H3. The van der Waals surface area contributed by atoms with Gasteiger partial charge in [0.15, 0.2) is 0 Å². The number of hydrogen-bond donors (Lipinski definition) is 2. The van der Waals surface area contributed by atoms with Crippen LogP contribution in [0.5, 0.6) is 0 Å². The van der Waals surface area contributed by atoms with Crippen LogP contribution in [-0.2, 0) is 19.4 Å². The van der Waals surface area contributed by atoms with Gasteiger partial charge in [-0.1, -0.05) is 31.2 Å². The summed E-state index contributed by atoms with van der Waals surface area (Å²) < 4.78 is 2.22. The molecule has 0 aliphatic heterocycles. The van der Waals surface area contributed by atoms with Gasteiger partial charge in [0.1, 0.15) is 5.82 Å². The van der Waals surface area contributed by atoms with E-state index in [2.05, 4.69) is 53.1 Å². The molecule has 1 aromatic carbocycles. The van der Waals surface area contributed by atoms with E-state index in [0.717, 1.165) is 38.1 Å². The van der Waals surface area contributed by atoms with Gasteiger partial charge in [-0.25, -0.2) is 4.98 Å². The van der Waals surface area contributed by atoms with Gasteiger partial charge in [-0.3, -0.25) is 11.3 Å². The molecule has 2 rings (SSSR count). The van der Waals surface area contributed by atoms with Crippen LogP contribution in [-0.4, -0.2) is 15.6 Å². The third-order valence-corrected chi connectivity index (χ3v) is 3.95. The van der Waals surface area contributed by atoms with Crippen LogP contribution < -0.4 is 11.3 Å². The van der Waals surface area contributed by atoms with E-state index < -0.39 is 0 Å². The van der Waals surface area contributed by atoms with Gasteiger partial charge in [0.2, 0.25) is 0 Å². The smallest absolute Gasteiger partial charge is 0.110 e. The van der Waals surface area contributed by atoms with E-state index in [1.807, 2.05) is 12.4 Å². The summed E-state index contributed by atoms with van der Waals surface area (Å²) >= 11 is 0. The van der Waals surface area contributed by atoms with E-state index in [9.17, 15) is 0 Å². The number of hydrazine groups is 1. The van der Waals surface area contributed by atoms with Crippen LogP contribution in [0.3, 0.4) is 0 Å². The zero-order chi connectivity index (χ0) is 15.1. The van der Waals surface area contributed by atoms with Crippen molar-refractivity contribution in [1.29, 1.82) is 0 Å². The Labute approximate surface area is 127 Å². The number of aryl methyl sites for hydroxylation is 3. The van der Waals surface area contributed by atoms with Crippen LogP contribution in [0.1, 0.15) is 36.7 Å². The molecule has 114 valence electrons. The van der Waals surface area contributed by atoms with Gasteiger partial charge in [-0.05, 0) is 37.3 Å². The molecule has 0 saturated carbocycles. The Morgan fingerprint density at radius 3 is 2.86 bits per heavy atom. The molecule has 4 nitrogen and oxygen atoms in total. The number of nitrogens with two attached hydrogens (primary N) is 1. The predicted molar refractivity (Wildman–Crippen MR) is 86.8 cm³/mol. The Balaban J connectivity index is 1.94. The third-order valence-electron chi connectivity index (χ3n) is 3.95. The highest BCUT2D eigenvalue weighted by atomic mass is 15.2. The second kappa shape index (κ2) is 7.96. The molecule has 0 saturated heterocycles.